The van der Waals surface area contributed by atoms with E-state index in [-0.39, 0.29) is 17.9 Å². The Morgan fingerprint density at radius 1 is 1.26 bits per heavy atom. The second-order valence-electron chi connectivity index (χ2n) is 6.01. The Balaban J connectivity index is 2.15. The van der Waals surface area contributed by atoms with E-state index in [2.05, 4.69) is 12.2 Å². The molecule has 0 aromatic rings. The fraction of sp³-hybridized carbons (Fsp3) is 0.938. The number of nitrogens with one attached hydrogen (secondary N) is 1. The lowest BCUT2D eigenvalue weighted by Crippen LogP contribution is -2.42. The Bertz CT molecular complexity index is 251. The third kappa shape index (κ3) is 6.95. The molecule has 3 nitrogen and oxygen atoms in total. The van der Waals surface area contributed by atoms with Crippen LogP contribution in [0.5, 0.6) is 0 Å². The molecule has 0 aromatic heterocycles. The summed E-state index contributed by atoms with van der Waals surface area (Å²) >= 11 is 0. The van der Waals surface area contributed by atoms with Gasteiger partial charge in [0.25, 0.3) is 0 Å². The normalized spacial score (nSPS) is 18.1. The van der Waals surface area contributed by atoms with E-state index in [4.69, 9.17) is 4.74 Å². The Morgan fingerprint density at radius 2 is 1.95 bits per heavy atom. The largest absolute Gasteiger partial charge is 0.383 e. The van der Waals surface area contributed by atoms with E-state index in [1.54, 1.807) is 7.11 Å². The van der Waals surface area contributed by atoms with E-state index in [0.717, 1.165) is 6.42 Å². The molecule has 3 heteroatoms. The number of carbonyl (C=O) groups is 1. The van der Waals surface area contributed by atoms with Crippen molar-refractivity contribution in [1.82, 2.24) is 5.32 Å². The zero-order valence-corrected chi connectivity index (χ0v) is 12.9. The molecule has 19 heavy (non-hydrogen) atoms. The first-order chi connectivity index (χ1) is 9.19. The van der Waals surface area contributed by atoms with Crippen LogP contribution in [0.2, 0.25) is 0 Å². The van der Waals surface area contributed by atoms with Gasteiger partial charge in [-0.15, -0.1) is 0 Å². The van der Waals surface area contributed by atoms with Crippen LogP contribution in [0.4, 0.5) is 0 Å². The van der Waals surface area contributed by atoms with Crippen LogP contribution in [0.1, 0.15) is 65.2 Å². The molecule has 1 aliphatic rings. The number of ether oxygens (including phenoxy) is 1. The fourth-order valence-electron chi connectivity index (χ4n) is 2.48. The van der Waals surface area contributed by atoms with E-state index < -0.39 is 0 Å². The van der Waals surface area contributed by atoms with Crippen molar-refractivity contribution in [3.63, 3.8) is 0 Å². The van der Waals surface area contributed by atoms with Crippen molar-refractivity contribution in [2.24, 2.45) is 11.8 Å². The number of hydrogen-bond acceptors (Lipinski definition) is 2. The van der Waals surface area contributed by atoms with Crippen molar-refractivity contribution in [1.29, 1.82) is 0 Å². The molecular weight excluding hydrogens is 238 g/mol. The highest BCUT2D eigenvalue weighted by molar-refractivity contribution is 5.78. The van der Waals surface area contributed by atoms with Gasteiger partial charge in [0.05, 0.1) is 12.6 Å². The predicted octanol–water partition coefficient (Wildman–Crippen LogP) is 3.52. The second-order valence-corrected chi connectivity index (χ2v) is 6.01. The highest BCUT2D eigenvalue weighted by atomic mass is 16.5. The molecular formula is C16H31NO2. The summed E-state index contributed by atoms with van der Waals surface area (Å²) in [5, 5.41) is 3.17. The molecule has 1 saturated carbocycles. The quantitative estimate of drug-likeness (QED) is 0.583. The molecule has 1 amide bonds. The minimum atomic E-state index is 0.139. The standard InChI is InChI=1S/C16H31NO2/c1-4-5-6-7-8-9-13(2)16(18)17-15(12-19-3)14-10-11-14/h13-15H,4-12H2,1-3H3,(H,17,18). The van der Waals surface area contributed by atoms with Crippen molar-refractivity contribution >= 4 is 5.91 Å². The smallest absolute Gasteiger partial charge is 0.223 e. The molecule has 0 spiro atoms. The molecule has 2 unspecified atom stereocenters. The van der Waals surface area contributed by atoms with Crippen LogP contribution >= 0.6 is 0 Å². The summed E-state index contributed by atoms with van der Waals surface area (Å²) < 4.78 is 5.20. The van der Waals surface area contributed by atoms with Crippen LogP contribution in [0.3, 0.4) is 0 Å². The molecule has 1 rings (SSSR count). The van der Waals surface area contributed by atoms with Crippen LogP contribution in [-0.2, 0) is 9.53 Å². The number of hydrogen-bond donors (Lipinski definition) is 1. The molecule has 112 valence electrons. The van der Waals surface area contributed by atoms with Gasteiger partial charge in [0.1, 0.15) is 0 Å². The van der Waals surface area contributed by atoms with Gasteiger partial charge in [-0.05, 0) is 25.2 Å². The van der Waals surface area contributed by atoms with Crippen molar-refractivity contribution in [2.45, 2.75) is 71.3 Å². The van der Waals surface area contributed by atoms with E-state index >= 15 is 0 Å². The Hall–Kier alpha value is -0.570. The highest BCUT2D eigenvalue weighted by Gasteiger charge is 2.32. The topological polar surface area (TPSA) is 38.3 Å². The maximum absolute atomic E-state index is 12.1. The van der Waals surface area contributed by atoms with Gasteiger partial charge in [0.2, 0.25) is 5.91 Å². The van der Waals surface area contributed by atoms with E-state index in [9.17, 15) is 4.79 Å². The van der Waals surface area contributed by atoms with Gasteiger partial charge in [0, 0.05) is 13.0 Å². The van der Waals surface area contributed by atoms with E-state index in [1.807, 2.05) is 6.92 Å². The Kier molecular flexibility index (Phi) is 8.11. The molecule has 1 fully saturated rings. The number of carbonyl (C=O) groups excluding carboxylic acids is 1. The number of methoxy groups -OCH3 is 1. The van der Waals surface area contributed by atoms with E-state index in [1.165, 1.54) is 44.9 Å². The third-order valence-electron chi connectivity index (χ3n) is 4.05. The van der Waals surface area contributed by atoms with E-state index in [0.29, 0.717) is 12.5 Å². The number of rotatable bonds is 11. The van der Waals surface area contributed by atoms with Crippen LogP contribution in [0.15, 0.2) is 0 Å². The average Bonchev–Trinajstić information content (AvgIpc) is 3.22. The molecule has 0 saturated heterocycles. The first-order valence-electron chi connectivity index (χ1n) is 7.98. The summed E-state index contributed by atoms with van der Waals surface area (Å²) in [6.45, 7) is 4.93. The second kappa shape index (κ2) is 9.35. The van der Waals surface area contributed by atoms with Gasteiger partial charge in [-0.2, -0.15) is 0 Å². The van der Waals surface area contributed by atoms with Gasteiger partial charge < -0.3 is 10.1 Å². The van der Waals surface area contributed by atoms with Crippen LogP contribution in [-0.4, -0.2) is 25.7 Å². The van der Waals surface area contributed by atoms with Crippen LogP contribution in [0, 0.1) is 11.8 Å². The van der Waals surface area contributed by atoms with Crippen molar-refractivity contribution in [3.05, 3.63) is 0 Å². The molecule has 0 aromatic carbocycles. The van der Waals surface area contributed by atoms with Gasteiger partial charge in [-0.1, -0.05) is 46.0 Å². The zero-order valence-electron chi connectivity index (χ0n) is 12.9. The summed E-state index contributed by atoms with van der Waals surface area (Å²) in [6, 6.07) is 0.236. The third-order valence-corrected chi connectivity index (χ3v) is 4.05. The van der Waals surface area contributed by atoms with Gasteiger partial charge in [-0.3, -0.25) is 4.79 Å². The molecule has 1 N–H and O–H groups in total. The SMILES string of the molecule is CCCCCCCC(C)C(=O)NC(COC)C1CC1. The monoisotopic (exact) mass is 269 g/mol. The molecule has 1 aliphatic carbocycles. The van der Waals surface area contributed by atoms with Crippen LogP contribution in [0.25, 0.3) is 0 Å². The van der Waals surface area contributed by atoms with Crippen molar-refractivity contribution < 1.29 is 9.53 Å². The molecule has 0 heterocycles. The lowest BCUT2D eigenvalue weighted by Gasteiger charge is -2.20. The fourth-order valence-corrected chi connectivity index (χ4v) is 2.48. The summed E-state index contributed by atoms with van der Waals surface area (Å²) in [5.74, 6) is 1.00. The highest BCUT2D eigenvalue weighted by Crippen LogP contribution is 2.32. The number of amides is 1. The maximum atomic E-state index is 12.1. The summed E-state index contributed by atoms with van der Waals surface area (Å²) in [5.41, 5.74) is 0. The van der Waals surface area contributed by atoms with Crippen LogP contribution < -0.4 is 5.32 Å². The van der Waals surface area contributed by atoms with Gasteiger partial charge in [0.15, 0.2) is 0 Å². The predicted molar refractivity (Wildman–Crippen MR) is 79.1 cm³/mol. The van der Waals surface area contributed by atoms with Crippen molar-refractivity contribution in [2.75, 3.05) is 13.7 Å². The lowest BCUT2D eigenvalue weighted by molar-refractivity contribution is -0.126. The summed E-state index contributed by atoms with van der Waals surface area (Å²) in [6.07, 6.45) is 9.81. The van der Waals surface area contributed by atoms with Crippen molar-refractivity contribution in [3.8, 4) is 0 Å². The molecule has 2 atom stereocenters. The summed E-state index contributed by atoms with van der Waals surface area (Å²) in [7, 11) is 1.71. The first kappa shape index (κ1) is 16.5. The minimum Gasteiger partial charge on any atom is -0.383 e. The molecule has 0 radical (unpaired) electrons. The van der Waals surface area contributed by atoms with Gasteiger partial charge >= 0.3 is 0 Å². The summed E-state index contributed by atoms with van der Waals surface area (Å²) in [4.78, 5) is 12.1. The Morgan fingerprint density at radius 3 is 2.53 bits per heavy atom. The lowest BCUT2D eigenvalue weighted by atomic mass is 10.0. The first-order valence-corrected chi connectivity index (χ1v) is 7.98. The van der Waals surface area contributed by atoms with Gasteiger partial charge in [-0.25, -0.2) is 0 Å². The minimum absolute atomic E-state index is 0.139. The molecule has 0 bridgehead atoms. The maximum Gasteiger partial charge on any atom is 0.223 e. The Labute approximate surface area is 118 Å². The molecule has 0 aliphatic heterocycles. The number of unbranched alkanes of at least 4 members (excludes halogenated alkanes) is 4. The average molecular weight is 269 g/mol. The zero-order chi connectivity index (χ0) is 14.1.